The first-order chi connectivity index (χ1) is 11.7. The number of hydrogen-bond donors (Lipinski definition) is 1. The van der Waals surface area contributed by atoms with E-state index in [2.05, 4.69) is 26.3 Å². The first-order valence-electron chi connectivity index (χ1n) is 8.25. The number of likely N-dealkylation sites (tertiary alicyclic amines) is 1. The molecule has 0 aliphatic carbocycles. The molecule has 3 aromatic rings. The lowest BCUT2D eigenvalue weighted by Gasteiger charge is -2.36. The first-order valence-corrected chi connectivity index (χ1v) is 8.25. The molecule has 1 N–H and O–H groups in total. The van der Waals surface area contributed by atoms with Crippen molar-refractivity contribution in [3.05, 3.63) is 30.5 Å². The molecule has 0 saturated carbocycles. The zero-order valence-corrected chi connectivity index (χ0v) is 13.9. The number of ether oxygens (including phenoxy) is 1. The maximum Gasteiger partial charge on any atom is 0.248 e. The van der Waals surface area contributed by atoms with Crippen molar-refractivity contribution in [1.82, 2.24) is 24.3 Å². The third-order valence-corrected chi connectivity index (χ3v) is 5.00. The molecule has 1 aliphatic rings. The highest BCUT2D eigenvalue weighted by Crippen LogP contribution is 2.33. The largest absolute Gasteiger partial charge is 0.375 e. The quantitative estimate of drug-likeness (QED) is 0.796. The second-order valence-electron chi connectivity index (χ2n) is 6.49. The third kappa shape index (κ3) is 2.36. The van der Waals surface area contributed by atoms with Crippen LogP contribution in [0.2, 0.25) is 0 Å². The molecule has 0 aromatic carbocycles. The second-order valence-corrected chi connectivity index (χ2v) is 6.49. The van der Waals surface area contributed by atoms with Gasteiger partial charge >= 0.3 is 0 Å². The summed E-state index contributed by atoms with van der Waals surface area (Å²) in [5, 5.41) is 0. The van der Waals surface area contributed by atoms with Gasteiger partial charge in [-0.05, 0) is 18.4 Å². The van der Waals surface area contributed by atoms with E-state index in [1.54, 1.807) is 7.11 Å². The number of H-pyrrole nitrogens is 1. The predicted octanol–water partition coefficient (Wildman–Crippen LogP) is 1.81. The number of carbonyl (C=O) groups excluding carboxylic acids is 1. The monoisotopic (exact) mass is 327 g/mol. The molecular formula is C17H21N5O2. The number of rotatable bonds is 3. The highest BCUT2D eigenvalue weighted by molar-refractivity contribution is 5.78. The fourth-order valence-corrected chi connectivity index (χ4v) is 3.61. The summed E-state index contributed by atoms with van der Waals surface area (Å²) >= 11 is 0. The van der Waals surface area contributed by atoms with Gasteiger partial charge in [0.05, 0.1) is 23.4 Å². The first kappa shape index (κ1) is 15.1. The smallest absolute Gasteiger partial charge is 0.248 e. The van der Waals surface area contributed by atoms with Crippen LogP contribution in [0.5, 0.6) is 0 Å². The Hall–Kier alpha value is -2.41. The highest BCUT2D eigenvalue weighted by Gasteiger charge is 2.32. The molecule has 2 unspecified atom stereocenters. The Balaban J connectivity index is 1.75. The van der Waals surface area contributed by atoms with Crippen LogP contribution in [0.3, 0.4) is 0 Å². The molecular weight excluding hydrogens is 306 g/mol. The van der Waals surface area contributed by atoms with Gasteiger partial charge in [-0.3, -0.25) is 9.20 Å². The molecule has 3 aromatic heterocycles. The standard InChI is InChI=1S/C17H21N5O2/c1-11-4-6-21(15(23)10-24-2)9-13(11)17-20-8-12-7-19-16-14(22(12)17)3-5-18-16/h3,5,7-8,11,13,18H,4,6,9-10H2,1-2H3. The van der Waals surface area contributed by atoms with Crippen molar-refractivity contribution in [3.63, 3.8) is 0 Å². The third-order valence-electron chi connectivity index (χ3n) is 5.00. The van der Waals surface area contributed by atoms with E-state index in [-0.39, 0.29) is 18.4 Å². The Morgan fingerprint density at radius 2 is 2.25 bits per heavy atom. The predicted molar refractivity (Wildman–Crippen MR) is 89.8 cm³/mol. The van der Waals surface area contributed by atoms with E-state index in [0.29, 0.717) is 12.5 Å². The Bertz CT molecular complexity index is 884. The SMILES string of the molecule is COCC(=O)N1CCC(C)C(c2ncc3cnc4[nH]ccc4n23)C1. The molecule has 4 heterocycles. The molecule has 7 nitrogen and oxygen atoms in total. The van der Waals surface area contributed by atoms with Crippen LogP contribution in [0.25, 0.3) is 16.7 Å². The van der Waals surface area contributed by atoms with Crippen LogP contribution >= 0.6 is 0 Å². The van der Waals surface area contributed by atoms with E-state index in [1.165, 1.54) is 0 Å². The van der Waals surface area contributed by atoms with Crippen LogP contribution in [0.15, 0.2) is 24.7 Å². The molecule has 24 heavy (non-hydrogen) atoms. The molecule has 1 aliphatic heterocycles. The average molecular weight is 327 g/mol. The lowest BCUT2D eigenvalue weighted by molar-refractivity contribution is -0.136. The van der Waals surface area contributed by atoms with Crippen molar-refractivity contribution in [2.75, 3.05) is 26.8 Å². The van der Waals surface area contributed by atoms with E-state index in [0.717, 1.165) is 35.5 Å². The van der Waals surface area contributed by atoms with Crippen molar-refractivity contribution in [2.24, 2.45) is 5.92 Å². The Morgan fingerprint density at radius 1 is 1.42 bits per heavy atom. The summed E-state index contributed by atoms with van der Waals surface area (Å²) in [6.07, 6.45) is 6.55. The maximum atomic E-state index is 12.2. The summed E-state index contributed by atoms with van der Waals surface area (Å²) in [6.45, 7) is 3.83. The van der Waals surface area contributed by atoms with Gasteiger partial charge in [-0.1, -0.05) is 6.92 Å². The maximum absolute atomic E-state index is 12.2. The number of nitrogens with one attached hydrogen (secondary N) is 1. The number of methoxy groups -OCH3 is 1. The highest BCUT2D eigenvalue weighted by atomic mass is 16.5. The molecule has 0 radical (unpaired) electrons. The van der Waals surface area contributed by atoms with Crippen molar-refractivity contribution in [3.8, 4) is 0 Å². The zero-order valence-electron chi connectivity index (χ0n) is 13.9. The van der Waals surface area contributed by atoms with Crippen LogP contribution in [0, 0.1) is 5.92 Å². The number of aromatic nitrogens is 4. The minimum absolute atomic E-state index is 0.0451. The summed E-state index contributed by atoms with van der Waals surface area (Å²) in [7, 11) is 1.56. The fraction of sp³-hybridized carbons (Fsp3) is 0.471. The second kappa shape index (κ2) is 5.90. The van der Waals surface area contributed by atoms with Gasteiger partial charge in [-0.15, -0.1) is 0 Å². The summed E-state index contributed by atoms with van der Waals surface area (Å²) in [5.41, 5.74) is 2.84. The van der Waals surface area contributed by atoms with E-state index in [1.807, 2.05) is 29.6 Å². The van der Waals surface area contributed by atoms with Gasteiger partial charge in [0.1, 0.15) is 12.4 Å². The Kier molecular flexibility index (Phi) is 3.72. The molecule has 1 amide bonds. The van der Waals surface area contributed by atoms with Crippen molar-refractivity contribution >= 4 is 22.6 Å². The molecule has 1 saturated heterocycles. The topological polar surface area (TPSA) is 75.5 Å². The van der Waals surface area contributed by atoms with Crippen LogP contribution in [0.4, 0.5) is 0 Å². The van der Waals surface area contributed by atoms with Crippen molar-refractivity contribution in [2.45, 2.75) is 19.3 Å². The van der Waals surface area contributed by atoms with Crippen LogP contribution < -0.4 is 0 Å². The summed E-state index contributed by atoms with van der Waals surface area (Å²) in [5.74, 6) is 1.70. The van der Waals surface area contributed by atoms with E-state index >= 15 is 0 Å². The average Bonchev–Trinajstić information content (AvgIpc) is 3.21. The van der Waals surface area contributed by atoms with Gasteiger partial charge in [0.15, 0.2) is 5.65 Å². The molecule has 1 fully saturated rings. The van der Waals surface area contributed by atoms with Crippen LogP contribution in [-0.2, 0) is 9.53 Å². The summed E-state index contributed by atoms with van der Waals surface area (Å²) in [6, 6.07) is 2.02. The Labute approximate surface area is 139 Å². The number of amides is 1. The summed E-state index contributed by atoms with van der Waals surface area (Å²) < 4.78 is 7.16. The van der Waals surface area contributed by atoms with Gasteiger partial charge in [-0.25, -0.2) is 9.97 Å². The lowest BCUT2D eigenvalue weighted by Crippen LogP contribution is -2.44. The number of nitrogens with zero attached hydrogens (tertiary/aromatic N) is 4. The van der Waals surface area contributed by atoms with Crippen LogP contribution in [-0.4, -0.2) is 57.0 Å². The van der Waals surface area contributed by atoms with Crippen LogP contribution in [0.1, 0.15) is 25.1 Å². The minimum atomic E-state index is 0.0451. The molecule has 7 heteroatoms. The van der Waals surface area contributed by atoms with Crippen molar-refractivity contribution < 1.29 is 9.53 Å². The van der Waals surface area contributed by atoms with E-state index < -0.39 is 0 Å². The fourth-order valence-electron chi connectivity index (χ4n) is 3.61. The molecule has 0 spiro atoms. The number of carbonyl (C=O) groups is 1. The van der Waals surface area contributed by atoms with Gasteiger partial charge in [0.25, 0.3) is 0 Å². The van der Waals surface area contributed by atoms with E-state index in [9.17, 15) is 4.79 Å². The molecule has 126 valence electrons. The van der Waals surface area contributed by atoms with Gasteiger partial charge in [0.2, 0.25) is 5.91 Å². The van der Waals surface area contributed by atoms with Gasteiger partial charge < -0.3 is 14.6 Å². The molecule has 0 bridgehead atoms. The number of fused-ring (bicyclic) bond motifs is 3. The molecule has 4 rings (SSSR count). The molecule has 2 atom stereocenters. The normalized spacial score (nSPS) is 21.7. The minimum Gasteiger partial charge on any atom is -0.375 e. The lowest BCUT2D eigenvalue weighted by atomic mass is 9.86. The summed E-state index contributed by atoms with van der Waals surface area (Å²) in [4.78, 5) is 26.3. The van der Waals surface area contributed by atoms with Gasteiger partial charge in [0, 0.05) is 32.3 Å². The number of hydrogen-bond acceptors (Lipinski definition) is 4. The number of aromatic amines is 1. The Morgan fingerprint density at radius 3 is 3.08 bits per heavy atom. The van der Waals surface area contributed by atoms with E-state index in [4.69, 9.17) is 4.74 Å². The van der Waals surface area contributed by atoms with Gasteiger partial charge in [-0.2, -0.15) is 0 Å². The zero-order chi connectivity index (χ0) is 16.7. The number of piperidine rings is 1. The number of imidazole rings is 1. The van der Waals surface area contributed by atoms with Crippen molar-refractivity contribution in [1.29, 1.82) is 0 Å².